The van der Waals surface area contributed by atoms with Gasteiger partial charge in [0.05, 0.1) is 17.8 Å². The number of unbranched alkanes of at least 4 members (excludes halogenated alkanes) is 4. The molecule has 0 radical (unpaired) electrons. The number of primary amides is 1. The molecule has 5 nitrogen and oxygen atoms in total. The molecule has 0 aromatic carbocycles. The SMILES string of the molecule is CCCCCCCC(=O)N[C@H](CC(N)=O)C(=O)[C@@H](Cl)C(C)(C)C. The van der Waals surface area contributed by atoms with E-state index < -0.39 is 22.7 Å². The van der Waals surface area contributed by atoms with Gasteiger partial charge in [-0.1, -0.05) is 53.4 Å². The number of nitrogens with two attached hydrogens (primary N) is 1. The number of hydrogen-bond donors (Lipinski definition) is 2. The summed E-state index contributed by atoms with van der Waals surface area (Å²) < 4.78 is 0. The Balaban J connectivity index is 4.58. The monoisotopic (exact) mass is 346 g/mol. The average molecular weight is 347 g/mol. The summed E-state index contributed by atoms with van der Waals surface area (Å²) in [7, 11) is 0. The molecule has 0 aliphatic rings. The molecule has 23 heavy (non-hydrogen) atoms. The third-order valence-corrected chi connectivity index (χ3v) is 4.47. The van der Waals surface area contributed by atoms with Crippen molar-refractivity contribution >= 4 is 29.2 Å². The molecule has 0 aromatic rings. The Bertz CT molecular complexity index is 405. The summed E-state index contributed by atoms with van der Waals surface area (Å²) in [6.07, 6.45) is 5.27. The van der Waals surface area contributed by atoms with Crippen molar-refractivity contribution in [1.29, 1.82) is 0 Å². The van der Waals surface area contributed by atoms with Gasteiger partial charge in [-0.05, 0) is 11.8 Å². The molecule has 0 unspecified atom stereocenters. The van der Waals surface area contributed by atoms with Gasteiger partial charge in [0.15, 0.2) is 5.78 Å². The van der Waals surface area contributed by atoms with Crippen molar-refractivity contribution in [3.8, 4) is 0 Å². The molecule has 0 bridgehead atoms. The van der Waals surface area contributed by atoms with Crippen LogP contribution in [0.1, 0.15) is 72.6 Å². The highest BCUT2D eigenvalue weighted by Gasteiger charge is 2.35. The van der Waals surface area contributed by atoms with Gasteiger partial charge in [-0.25, -0.2) is 0 Å². The van der Waals surface area contributed by atoms with Gasteiger partial charge >= 0.3 is 0 Å². The first-order valence-corrected chi connectivity index (χ1v) is 8.78. The van der Waals surface area contributed by atoms with E-state index in [-0.39, 0.29) is 18.1 Å². The van der Waals surface area contributed by atoms with Crippen LogP contribution in [0.15, 0.2) is 0 Å². The minimum absolute atomic E-state index is 0.223. The Labute approximate surface area is 144 Å². The van der Waals surface area contributed by atoms with Crippen LogP contribution in [0.2, 0.25) is 0 Å². The second-order valence-corrected chi connectivity index (χ2v) is 7.52. The quantitative estimate of drug-likeness (QED) is 0.445. The Kier molecular flexibility index (Phi) is 10.1. The molecule has 0 aromatic heterocycles. The lowest BCUT2D eigenvalue weighted by Crippen LogP contribution is -2.48. The topological polar surface area (TPSA) is 89.3 Å². The Hall–Kier alpha value is -1.10. The first-order valence-electron chi connectivity index (χ1n) is 8.35. The number of halogens is 1. The van der Waals surface area contributed by atoms with Gasteiger partial charge in [0.25, 0.3) is 0 Å². The molecule has 134 valence electrons. The molecule has 0 fully saturated rings. The lowest BCUT2D eigenvalue weighted by atomic mass is 9.86. The predicted octanol–water partition coefficient (Wildman–Crippen LogP) is 2.93. The number of ketones is 1. The van der Waals surface area contributed by atoms with Gasteiger partial charge in [-0.3, -0.25) is 14.4 Å². The molecular weight excluding hydrogens is 316 g/mol. The number of carbonyl (C=O) groups is 3. The lowest BCUT2D eigenvalue weighted by molar-refractivity contribution is -0.130. The fourth-order valence-corrected chi connectivity index (χ4v) is 2.34. The normalized spacial score (nSPS) is 14.1. The number of alkyl halides is 1. The Morgan fingerprint density at radius 1 is 1.09 bits per heavy atom. The van der Waals surface area contributed by atoms with E-state index >= 15 is 0 Å². The number of amides is 2. The van der Waals surface area contributed by atoms with E-state index in [0.29, 0.717) is 6.42 Å². The summed E-state index contributed by atoms with van der Waals surface area (Å²) in [4.78, 5) is 35.6. The Morgan fingerprint density at radius 3 is 2.13 bits per heavy atom. The average Bonchev–Trinajstić information content (AvgIpc) is 2.43. The molecule has 2 atom stereocenters. The number of nitrogens with one attached hydrogen (secondary N) is 1. The third-order valence-electron chi connectivity index (χ3n) is 3.60. The van der Waals surface area contributed by atoms with Crippen molar-refractivity contribution in [3.05, 3.63) is 0 Å². The maximum atomic E-state index is 12.4. The number of Topliss-reactive ketones (excluding diaryl/α,β-unsaturated/α-hetero) is 1. The molecule has 2 amide bonds. The second kappa shape index (κ2) is 10.6. The maximum Gasteiger partial charge on any atom is 0.220 e. The number of hydrogen-bond acceptors (Lipinski definition) is 3. The van der Waals surface area contributed by atoms with Gasteiger partial charge in [-0.2, -0.15) is 0 Å². The van der Waals surface area contributed by atoms with E-state index in [1.807, 2.05) is 20.8 Å². The first-order chi connectivity index (χ1) is 10.6. The highest BCUT2D eigenvalue weighted by molar-refractivity contribution is 6.32. The molecule has 3 N–H and O–H groups in total. The van der Waals surface area contributed by atoms with Crippen molar-refractivity contribution in [1.82, 2.24) is 5.32 Å². The molecule has 0 saturated heterocycles. The third kappa shape index (κ3) is 9.59. The van der Waals surface area contributed by atoms with E-state index in [0.717, 1.165) is 32.1 Å². The van der Waals surface area contributed by atoms with Crippen LogP contribution >= 0.6 is 11.6 Å². The summed E-state index contributed by atoms with van der Waals surface area (Å²) in [5.41, 5.74) is 4.73. The van der Waals surface area contributed by atoms with E-state index in [2.05, 4.69) is 12.2 Å². The summed E-state index contributed by atoms with van der Waals surface area (Å²) >= 11 is 6.18. The van der Waals surface area contributed by atoms with Crippen LogP contribution in [-0.4, -0.2) is 29.0 Å². The van der Waals surface area contributed by atoms with E-state index in [1.54, 1.807) is 0 Å². The van der Waals surface area contributed by atoms with Crippen LogP contribution in [0, 0.1) is 5.41 Å². The van der Waals surface area contributed by atoms with Gasteiger partial charge < -0.3 is 11.1 Å². The standard InChI is InChI=1S/C17H31ClN2O3/c1-5-6-7-8-9-10-14(22)20-12(11-13(19)21)15(23)16(18)17(2,3)4/h12,16H,5-11H2,1-4H3,(H2,19,21)(H,20,22)/t12-,16-/m1/s1. The summed E-state index contributed by atoms with van der Waals surface area (Å²) in [5, 5.41) is 1.82. The summed E-state index contributed by atoms with van der Waals surface area (Å²) in [6.45, 7) is 7.63. The fraction of sp³-hybridized carbons (Fsp3) is 0.824. The highest BCUT2D eigenvalue weighted by atomic mass is 35.5. The first kappa shape index (κ1) is 21.9. The molecule has 0 aliphatic heterocycles. The molecule has 0 aliphatic carbocycles. The molecule has 0 spiro atoms. The largest absolute Gasteiger partial charge is 0.370 e. The second-order valence-electron chi connectivity index (χ2n) is 7.09. The van der Waals surface area contributed by atoms with Gasteiger partial charge in [0.1, 0.15) is 0 Å². The van der Waals surface area contributed by atoms with Crippen LogP contribution < -0.4 is 11.1 Å². The van der Waals surface area contributed by atoms with Crippen molar-refractivity contribution in [2.75, 3.05) is 0 Å². The van der Waals surface area contributed by atoms with Crippen LogP contribution in [0.5, 0.6) is 0 Å². The van der Waals surface area contributed by atoms with Crippen molar-refractivity contribution in [2.24, 2.45) is 11.1 Å². The zero-order valence-electron chi connectivity index (χ0n) is 14.8. The lowest BCUT2D eigenvalue weighted by Gasteiger charge is -2.27. The van der Waals surface area contributed by atoms with Crippen LogP contribution in [0.25, 0.3) is 0 Å². The zero-order chi connectivity index (χ0) is 18.0. The smallest absolute Gasteiger partial charge is 0.220 e. The van der Waals surface area contributed by atoms with E-state index in [4.69, 9.17) is 17.3 Å². The van der Waals surface area contributed by atoms with Gasteiger partial charge in [0, 0.05) is 6.42 Å². The van der Waals surface area contributed by atoms with E-state index in [1.165, 1.54) is 0 Å². The molecule has 0 saturated carbocycles. The maximum absolute atomic E-state index is 12.4. The van der Waals surface area contributed by atoms with Crippen LogP contribution in [-0.2, 0) is 14.4 Å². The van der Waals surface area contributed by atoms with E-state index in [9.17, 15) is 14.4 Å². The summed E-state index contributed by atoms with van der Waals surface area (Å²) in [6, 6.07) is -0.947. The van der Waals surface area contributed by atoms with Crippen molar-refractivity contribution < 1.29 is 14.4 Å². The minimum atomic E-state index is -0.947. The van der Waals surface area contributed by atoms with Gasteiger partial charge in [-0.15, -0.1) is 11.6 Å². The molecule has 0 rings (SSSR count). The van der Waals surface area contributed by atoms with Crippen LogP contribution in [0.4, 0.5) is 0 Å². The minimum Gasteiger partial charge on any atom is -0.370 e. The molecule has 6 heteroatoms. The number of carbonyl (C=O) groups excluding carboxylic acids is 3. The number of rotatable bonds is 11. The van der Waals surface area contributed by atoms with Crippen molar-refractivity contribution in [3.63, 3.8) is 0 Å². The zero-order valence-corrected chi connectivity index (χ0v) is 15.5. The fourth-order valence-electron chi connectivity index (χ4n) is 2.18. The van der Waals surface area contributed by atoms with Crippen LogP contribution in [0.3, 0.4) is 0 Å². The highest BCUT2D eigenvalue weighted by Crippen LogP contribution is 2.26. The molecular formula is C17H31ClN2O3. The Morgan fingerprint density at radius 2 is 1.65 bits per heavy atom. The predicted molar refractivity (Wildman–Crippen MR) is 93.2 cm³/mol. The molecule has 0 heterocycles. The van der Waals surface area contributed by atoms with Crippen molar-refractivity contribution in [2.45, 2.75) is 84.1 Å². The van der Waals surface area contributed by atoms with Gasteiger partial charge in [0.2, 0.25) is 11.8 Å². The summed E-state index contributed by atoms with van der Waals surface area (Å²) in [5.74, 6) is -1.24.